The number of hydrogen-bond donors (Lipinski definition) is 1. The van der Waals surface area contributed by atoms with Crippen molar-refractivity contribution in [1.29, 1.82) is 0 Å². The van der Waals surface area contributed by atoms with Gasteiger partial charge in [0.1, 0.15) is 12.4 Å². The van der Waals surface area contributed by atoms with E-state index in [2.05, 4.69) is 5.32 Å². The zero-order chi connectivity index (χ0) is 21.2. The van der Waals surface area contributed by atoms with Crippen molar-refractivity contribution >= 4 is 26.5 Å². The van der Waals surface area contributed by atoms with Gasteiger partial charge in [-0.15, -0.1) is 0 Å². The summed E-state index contributed by atoms with van der Waals surface area (Å²) in [5.41, 5.74) is 0.979. The summed E-state index contributed by atoms with van der Waals surface area (Å²) in [6.07, 6.45) is 1.42. The lowest BCUT2D eigenvalue weighted by Crippen LogP contribution is -2.57. The SMILES string of the molecule is Cc1ccc(S(=O)(=O)C2(C(=O)NCCOc3ccc4ccccc4c3)CCC2)cc1. The normalized spacial score (nSPS) is 15.4. The lowest BCUT2D eigenvalue weighted by molar-refractivity contribution is -0.125. The van der Waals surface area contributed by atoms with Gasteiger partial charge < -0.3 is 10.1 Å². The van der Waals surface area contributed by atoms with E-state index in [1.54, 1.807) is 24.3 Å². The molecule has 0 saturated heterocycles. The van der Waals surface area contributed by atoms with E-state index in [-0.39, 0.29) is 18.0 Å². The minimum absolute atomic E-state index is 0.204. The number of nitrogens with one attached hydrogen (secondary N) is 1. The number of rotatable bonds is 7. The van der Waals surface area contributed by atoms with Crippen molar-refractivity contribution < 1.29 is 17.9 Å². The van der Waals surface area contributed by atoms with Crippen LogP contribution in [0.25, 0.3) is 10.8 Å². The molecule has 1 fully saturated rings. The van der Waals surface area contributed by atoms with Gasteiger partial charge in [-0.2, -0.15) is 0 Å². The highest BCUT2D eigenvalue weighted by atomic mass is 32.2. The molecule has 3 aromatic carbocycles. The molecular weight excluding hydrogens is 398 g/mol. The number of aryl methyl sites for hydroxylation is 1. The number of benzene rings is 3. The standard InChI is InChI=1S/C24H25NO4S/c1-18-7-11-22(12-8-18)30(27,28)24(13-4-14-24)23(26)25-15-16-29-21-10-9-19-5-2-3-6-20(19)17-21/h2-3,5-12,17H,4,13-16H2,1H3,(H,25,26). The fourth-order valence-electron chi connectivity index (χ4n) is 3.81. The largest absolute Gasteiger partial charge is 0.492 e. The molecule has 1 aliphatic carbocycles. The Hall–Kier alpha value is -2.86. The van der Waals surface area contributed by atoms with Gasteiger partial charge in [-0.3, -0.25) is 4.79 Å². The Labute approximate surface area is 177 Å². The van der Waals surface area contributed by atoms with Crippen molar-refractivity contribution in [2.75, 3.05) is 13.2 Å². The molecular formula is C24H25NO4S. The van der Waals surface area contributed by atoms with Crippen molar-refractivity contribution in [1.82, 2.24) is 5.32 Å². The fourth-order valence-corrected chi connectivity index (χ4v) is 5.90. The van der Waals surface area contributed by atoms with E-state index in [1.165, 1.54) is 0 Å². The predicted molar refractivity (Wildman–Crippen MR) is 117 cm³/mol. The van der Waals surface area contributed by atoms with E-state index in [1.807, 2.05) is 49.4 Å². The summed E-state index contributed by atoms with van der Waals surface area (Å²) in [6.45, 7) is 2.42. The Morgan fingerprint density at radius 3 is 2.37 bits per heavy atom. The van der Waals surface area contributed by atoms with E-state index in [0.29, 0.717) is 18.6 Å². The molecule has 0 bridgehead atoms. The van der Waals surface area contributed by atoms with Crippen LogP contribution < -0.4 is 10.1 Å². The molecule has 1 aliphatic rings. The zero-order valence-corrected chi connectivity index (χ0v) is 17.7. The molecule has 0 unspecified atom stereocenters. The Balaban J connectivity index is 1.39. The maximum atomic E-state index is 13.2. The summed E-state index contributed by atoms with van der Waals surface area (Å²) in [7, 11) is -3.75. The third-order valence-electron chi connectivity index (χ3n) is 5.80. The van der Waals surface area contributed by atoms with Crippen LogP contribution in [-0.2, 0) is 14.6 Å². The molecule has 0 heterocycles. The van der Waals surface area contributed by atoms with Crippen LogP contribution in [0.15, 0.2) is 71.6 Å². The third-order valence-corrected chi connectivity index (χ3v) is 8.31. The molecule has 0 spiro atoms. The second-order valence-electron chi connectivity index (χ2n) is 7.78. The number of sulfone groups is 1. The van der Waals surface area contributed by atoms with E-state index in [4.69, 9.17) is 4.74 Å². The van der Waals surface area contributed by atoms with Gasteiger partial charge in [-0.25, -0.2) is 8.42 Å². The molecule has 0 aliphatic heterocycles. The van der Waals surface area contributed by atoms with Gasteiger partial charge in [0.15, 0.2) is 14.6 Å². The van der Waals surface area contributed by atoms with Crippen LogP contribution >= 0.6 is 0 Å². The minimum Gasteiger partial charge on any atom is -0.492 e. The highest BCUT2D eigenvalue weighted by molar-refractivity contribution is 7.93. The molecule has 1 saturated carbocycles. The van der Waals surface area contributed by atoms with Crippen molar-refractivity contribution in [3.63, 3.8) is 0 Å². The van der Waals surface area contributed by atoms with Crippen LogP contribution in [0.1, 0.15) is 24.8 Å². The Bertz CT molecular complexity index is 1170. The monoisotopic (exact) mass is 423 g/mol. The smallest absolute Gasteiger partial charge is 0.241 e. The molecule has 1 amide bonds. The first-order valence-corrected chi connectivity index (χ1v) is 11.6. The zero-order valence-electron chi connectivity index (χ0n) is 16.9. The molecule has 5 nitrogen and oxygen atoms in total. The van der Waals surface area contributed by atoms with Crippen molar-refractivity contribution in [2.24, 2.45) is 0 Å². The van der Waals surface area contributed by atoms with Gasteiger partial charge in [-0.05, 0) is 61.2 Å². The van der Waals surface area contributed by atoms with Gasteiger partial charge in [0.25, 0.3) is 0 Å². The fraction of sp³-hybridized carbons (Fsp3) is 0.292. The average molecular weight is 424 g/mol. The van der Waals surface area contributed by atoms with E-state index in [0.717, 1.165) is 22.8 Å². The molecule has 0 radical (unpaired) electrons. The van der Waals surface area contributed by atoms with Gasteiger partial charge >= 0.3 is 0 Å². The van der Waals surface area contributed by atoms with E-state index in [9.17, 15) is 13.2 Å². The number of amides is 1. The lowest BCUT2D eigenvalue weighted by Gasteiger charge is -2.39. The first-order valence-electron chi connectivity index (χ1n) is 10.1. The molecule has 0 aromatic heterocycles. The molecule has 3 aromatic rings. The second-order valence-corrected chi connectivity index (χ2v) is 10.0. The highest BCUT2D eigenvalue weighted by Crippen LogP contribution is 2.43. The summed E-state index contributed by atoms with van der Waals surface area (Å²) in [4.78, 5) is 13.1. The van der Waals surface area contributed by atoms with Gasteiger partial charge in [0.05, 0.1) is 11.4 Å². The molecule has 6 heteroatoms. The molecule has 4 rings (SSSR count). The Kier molecular flexibility index (Phi) is 5.52. The first kappa shape index (κ1) is 20.4. The molecule has 30 heavy (non-hydrogen) atoms. The molecule has 156 valence electrons. The minimum atomic E-state index is -3.75. The van der Waals surface area contributed by atoms with Gasteiger partial charge in [0.2, 0.25) is 5.91 Å². The Morgan fingerprint density at radius 2 is 1.70 bits per heavy atom. The van der Waals surface area contributed by atoms with E-state index >= 15 is 0 Å². The van der Waals surface area contributed by atoms with Crippen LogP contribution in [0.4, 0.5) is 0 Å². The summed E-state index contributed by atoms with van der Waals surface area (Å²) < 4.78 is 30.7. The van der Waals surface area contributed by atoms with Gasteiger partial charge in [0, 0.05) is 0 Å². The summed E-state index contributed by atoms with van der Waals surface area (Å²) in [5, 5.41) is 4.99. The van der Waals surface area contributed by atoms with Crippen LogP contribution in [-0.4, -0.2) is 32.2 Å². The predicted octanol–water partition coefficient (Wildman–Crippen LogP) is 4.04. The molecule has 1 N–H and O–H groups in total. The first-order chi connectivity index (χ1) is 14.4. The van der Waals surface area contributed by atoms with Crippen LogP contribution in [0, 0.1) is 6.92 Å². The van der Waals surface area contributed by atoms with E-state index < -0.39 is 20.5 Å². The lowest BCUT2D eigenvalue weighted by atomic mass is 9.83. The second kappa shape index (κ2) is 8.11. The summed E-state index contributed by atoms with van der Waals surface area (Å²) >= 11 is 0. The maximum Gasteiger partial charge on any atom is 0.241 e. The average Bonchev–Trinajstić information content (AvgIpc) is 2.70. The number of fused-ring (bicyclic) bond motifs is 1. The van der Waals surface area contributed by atoms with Crippen LogP contribution in [0.2, 0.25) is 0 Å². The summed E-state index contributed by atoms with van der Waals surface area (Å²) in [5.74, 6) is 0.282. The number of hydrogen-bond acceptors (Lipinski definition) is 4. The van der Waals surface area contributed by atoms with Crippen molar-refractivity contribution in [2.45, 2.75) is 35.8 Å². The van der Waals surface area contributed by atoms with Crippen LogP contribution in [0.3, 0.4) is 0 Å². The number of ether oxygens (including phenoxy) is 1. The molecule has 0 atom stereocenters. The number of carbonyl (C=O) groups excluding carboxylic acids is 1. The number of carbonyl (C=O) groups is 1. The maximum absolute atomic E-state index is 13.2. The van der Waals surface area contributed by atoms with Crippen molar-refractivity contribution in [3.05, 3.63) is 72.3 Å². The van der Waals surface area contributed by atoms with Crippen LogP contribution in [0.5, 0.6) is 5.75 Å². The summed E-state index contributed by atoms with van der Waals surface area (Å²) in [6, 6.07) is 20.5. The third kappa shape index (κ3) is 3.67. The topological polar surface area (TPSA) is 72.5 Å². The highest BCUT2D eigenvalue weighted by Gasteiger charge is 2.55. The van der Waals surface area contributed by atoms with Crippen molar-refractivity contribution in [3.8, 4) is 5.75 Å². The quantitative estimate of drug-likeness (QED) is 0.582. The Morgan fingerprint density at radius 1 is 1.00 bits per heavy atom. The van der Waals surface area contributed by atoms with Gasteiger partial charge in [-0.1, -0.05) is 48.0 Å².